The first kappa shape index (κ1) is 25.8. The fraction of sp³-hybridized carbons (Fsp3) is 0.500. The van der Waals surface area contributed by atoms with Crippen molar-refractivity contribution in [1.29, 1.82) is 0 Å². The molecule has 1 aromatic carbocycles. The highest BCUT2D eigenvalue weighted by Gasteiger charge is 2.24. The minimum Gasteiger partial charge on any atom is -0.371 e. The molecule has 2 heterocycles. The van der Waals surface area contributed by atoms with Gasteiger partial charge in [-0.15, -0.1) is 0 Å². The predicted octanol–water partition coefficient (Wildman–Crippen LogP) is 3.97. The summed E-state index contributed by atoms with van der Waals surface area (Å²) in [6, 6.07) is 5.49. The van der Waals surface area contributed by atoms with Gasteiger partial charge in [-0.05, 0) is 75.8 Å². The number of piperidine rings is 1. The summed E-state index contributed by atoms with van der Waals surface area (Å²) in [7, 11) is 0. The summed E-state index contributed by atoms with van der Waals surface area (Å²) in [4.78, 5) is 44.0. The van der Waals surface area contributed by atoms with Gasteiger partial charge < -0.3 is 20.1 Å². The maximum Gasteiger partial charge on any atom is 0.253 e. The SMILES string of the molecule is CCN(CC1CCN(C(C)=O)CC1)c1cc(Cl)cc(C(=O)NCc2c(C)cc(C)[nH]c2=O)c1C. The van der Waals surface area contributed by atoms with E-state index in [4.69, 9.17) is 11.6 Å². The summed E-state index contributed by atoms with van der Waals surface area (Å²) in [5.74, 6) is 0.351. The van der Waals surface area contributed by atoms with Crippen molar-refractivity contribution in [3.8, 4) is 0 Å². The molecular formula is C26H35ClN4O3. The highest BCUT2D eigenvalue weighted by Crippen LogP contribution is 2.30. The van der Waals surface area contributed by atoms with Crippen LogP contribution in [0.15, 0.2) is 23.0 Å². The smallest absolute Gasteiger partial charge is 0.253 e. The van der Waals surface area contributed by atoms with Crippen LogP contribution in [0, 0.1) is 26.7 Å². The second-order valence-corrected chi connectivity index (χ2v) is 9.65. The number of nitrogens with one attached hydrogen (secondary N) is 2. The summed E-state index contributed by atoms with van der Waals surface area (Å²) in [6.45, 7) is 12.7. The Kier molecular flexibility index (Phi) is 8.42. The van der Waals surface area contributed by atoms with Crippen molar-refractivity contribution in [2.75, 3.05) is 31.1 Å². The molecule has 0 radical (unpaired) electrons. The van der Waals surface area contributed by atoms with E-state index in [2.05, 4.69) is 22.1 Å². The number of benzene rings is 1. The molecule has 1 aromatic heterocycles. The summed E-state index contributed by atoms with van der Waals surface area (Å²) >= 11 is 6.44. The lowest BCUT2D eigenvalue weighted by atomic mass is 9.95. The second-order valence-electron chi connectivity index (χ2n) is 9.21. The third-order valence-electron chi connectivity index (χ3n) is 6.77. The van der Waals surface area contributed by atoms with Gasteiger partial charge in [0.2, 0.25) is 5.91 Å². The van der Waals surface area contributed by atoms with Crippen LogP contribution in [0.2, 0.25) is 5.02 Å². The maximum atomic E-state index is 13.1. The molecule has 7 nitrogen and oxygen atoms in total. The number of halogens is 1. The number of anilines is 1. The van der Waals surface area contributed by atoms with Crippen molar-refractivity contribution in [2.24, 2.45) is 5.92 Å². The lowest BCUT2D eigenvalue weighted by Gasteiger charge is -2.35. The van der Waals surface area contributed by atoms with E-state index in [1.54, 1.807) is 13.0 Å². The quantitative estimate of drug-likeness (QED) is 0.620. The number of aromatic amines is 1. The van der Waals surface area contributed by atoms with Gasteiger partial charge in [-0.3, -0.25) is 14.4 Å². The van der Waals surface area contributed by atoms with E-state index in [0.29, 0.717) is 22.1 Å². The summed E-state index contributed by atoms with van der Waals surface area (Å²) in [5, 5.41) is 3.39. The third kappa shape index (κ3) is 6.00. The second kappa shape index (κ2) is 11.1. The third-order valence-corrected chi connectivity index (χ3v) is 6.99. The number of nitrogens with zero attached hydrogens (tertiary/aromatic N) is 2. The van der Waals surface area contributed by atoms with Gasteiger partial charge >= 0.3 is 0 Å². The Balaban J connectivity index is 1.76. The zero-order valence-electron chi connectivity index (χ0n) is 20.8. The first-order valence-corrected chi connectivity index (χ1v) is 12.3. The standard InChI is InChI=1S/C26H35ClN4O3/c1-6-30(15-20-7-9-31(10-8-20)19(5)32)24-13-21(27)12-22(18(24)4)25(33)28-14-23-16(2)11-17(3)29-26(23)34/h11-13,20H,6-10,14-15H2,1-5H3,(H,28,33)(H,29,34). The first-order valence-electron chi connectivity index (χ1n) is 11.9. The van der Waals surface area contributed by atoms with Gasteiger partial charge in [0.25, 0.3) is 11.5 Å². The van der Waals surface area contributed by atoms with Crippen molar-refractivity contribution < 1.29 is 9.59 Å². The average Bonchev–Trinajstić information content (AvgIpc) is 2.78. The number of carbonyl (C=O) groups excluding carboxylic acids is 2. The van der Waals surface area contributed by atoms with Crippen LogP contribution in [0.1, 0.15) is 59.4 Å². The molecule has 0 spiro atoms. The van der Waals surface area contributed by atoms with Crippen molar-refractivity contribution in [1.82, 2.24) is 15.2 Å². The van der Waals surface area contributed by atoms with E-state index in [0.717, 1.165) is 61.5 Å². The highest BCUT2D eigenvalue weighted by molar-refractivity contribution is 6.31. The molecule has 0 atom stereocenters. The summed E-state index contributed by atoms with van der Waals surface area (Å²) in [6.07, 6.45) is 1.93. The Morgan fingerprint density at radius 1 is 1.18 bits per heavy atom. The van der Waals surface area contributed by atoms with Crippen LogP contribution in [0.3, 0.4) is 0 Å². The van der Waals surface area contributed by atoms with E-state index in [-0.39, 0.29) is 23.9 Å². The number of carbonyl (C=O) groups is 2. The van der Waals surface area contributed by atoms with Crippen molar-refractivity contribution in [3.05, 3.63) is 61.5 Å². The lowest BCUT2D eigenvalue weighted by Crippen LogP contribution is -2.41. The van der Waals surface area contributed by atoms with Crippen LogP contribution in [0.4, 0.5) is 5.69 Å². The first-order chi connectivity index (χ1) is 16.1. The lowest BCUT2D eigenvalue weighted by molar-refractivity contribution is -0.130. The number of aryl methyl sites for hydroxylation is 2. The molecule has 0 unspecified atom stereocenters. The molecule has 0 bridgehead atoms. The fourth-order valence-corrected chi connectivity index (χ4v) is 4.95. The Hall–Kier alpha value is -2.80. The average molecular weight is 487 g/mol. The van der Waals surface area contributed by atoms with Gasteiger partial charge in [-0.25, -0.2) is 0 Å². The summed E-state index contributed by atoms with van der Waals surface area (Å²) < 4.78 is 0. The van der Waals surface area contributed by atoms with Gasteiger partial charge in [0.15, 0.2) is 0 Å². The number of H-pyrrole nitrogens is 1. The molecule has 0 saturated carbocycles. The van der Waals surface area contributed by atoms with Crippen LogP contribution in [0.25, 0.3) is 0 Å². The summed E-state index contributed by atoms with van der Waals surface area (Å²) in [5.41, 5.74) is 4.31. The van der Waals surface area contributed by atoms with Crippen LogP contribution < -0.4 is 15.8 Å². The normalized spacial score (nSPS) is 14.2. The molecule has 1 fully saturated rings. The number of hydrogen-bond donors (Lipinski definition) is 2. The molecule has 1 aliphatic rings. The van der Waals surface area contributed by atoms with Gasteiger partial charge in [0.1, 0.15) is 0 Å². The molecule has 8 heteroatoms. The van der Waals surface area contributed by atoms with Gasteiger partial charge in [0, 0.05) is 67.2 Å². The molecule has 1 saturated heterocycles. The molecule has 3 rings (SSSR count). The van der Waals surface area contributed by atoms with Crippen LogP contribution in [0.5, 0.6) is 0 Å². The van der Waals surface area contributed by atoms with E-state index in [1.165, 1.54) is 0 Å². The van der Waals surface area contributed by atoms with Gasteiger partial charge in [-0.2, -0.15) is 0 Å². The van der Waals surface area contributed by atoms with Crippen LogP contribution in [-0.2, 0) is 11.3 Å². The van der Waals surface area contributed by atoms with Crippen LogP contribution in [-0.4, -0.2) is 47.9 Å². The molecule has 0 aliphatic carbocycles. The molecule has 1 aliphatic heterocycles. The highest BCUT2D eigenvalue weighted by atomic mass is 35.5. The number of hydrogen-bond acceptors (Lipinski definition) is 4. The van der Waals surface area contributed by atoms with E-state index >= 15 is 0 Å². The molecule has 34 heavy (non-hydrogen) atoms. The molecule has 184 valence electrons. The zero-order chi connectivity index (χ0) is 25.0. The number of rotatable bonds is 7. The topological polar surface area (TPSA) is 85.5 Å². The molecule has 2 amide bonds. The van der Waals surface area contributed by atoms with Crippen molar-refractivity contribution in [3.63, 3.8) is 0 Å². The maximum absolute atomic E-state index is 13.1. The monoisotopic (exact) mass is 486 g/mol. The molecular weight excluding hydrogens is 452 g/mol. The number of pyridine rings is 1. The fourth-order valence-electron chi connectivity index (χ4n) is 4.73. The van der Waals surface area contributed by atoms with Gasteiger partial charge in [-0.1, -0.05) is 11.6 Å². The van der Waals surface area contributed by atoms with Gasteiger partial charge in [0.05, 0.1) is 0 Å². The number of aromatic nitrogens is 1. The van der Waals surface area contributed by atoms with E-state index in [1.807, 2.05) is 37.8 Å². The van der Waals surface area contributed by atoms with E-state index < -0.39 is 0 Å². The minimum absolute atomic E-state index is 0.134. The van der Waals surface area contributed by atoms with Crippen LogP contribution >= 0.6 is 11.6 Å². The van der Waals surface area contributed by atoms with Crippen molar-refractivity contribution in [2.45, 2.75) is 54.0 Å². The Morgan fingerprint density at radius 3 is 2.44 bits per heavy atom. The zero-order valence-corrected chi connectivity index (χ0v) is 21.5. The van der Waals surface area contributed by atoms with Crippen molar-refractivity contribution >= 4 is 29.1 Å². The minimum atomic E-state index is -0.258. The van der Waals surface area contributed by atoms with E-state index in [9.17, 15) is 14.4 Å². The largest absolute Gasteiger partial charge is 0.371 e. The Labute approximate surface area is 206 Å². The molecule has 2 N–H and O–H groups in total. The number of amides is 2. The predicted molar refractivity (Wildman–Crippen MR) is 137 cm³/mol. The Bertz CT molecular complexity index is 1120. The molecule has 2 aromatic rings. The number of likely N-dealkylation sites (tertiary alicyclic amines) is 1. The Morgan fingerprint density at radius 2 is 1.85 bits per heavy atom.